The summed E-state index contributed by atoms with van der Waals surface area (Å²) in [5, 5.41) is 2.70. The van der Waals surface area contributed by atoms with E-state index in [1.807, 2.05) is 6.92 Å². The molecule has 0 aliphatic heterocycles. The number of anilines is 1. The van der Waals surface area contributed by atoms with Crippen molar-refractivity contribution in [1.29, 1.82) is 0 Å². The van der Waals surface area contributed by atoms with Crippen LogP contribution in [0, 0.1) is 5.82 Å². The fourth-order valence-corrected chi connectivity index (χ4v) is 3.14. The van der Waals surface area contributed by atoms with Gasteiger partial charge in [0.05, 0.1) is 4.90 Å². The maximum Gasteiger partial charge on any atom is 0.240 e. The number of ether oxygens (including phenoxy) is 1. The van der Waals surface area contributed by atoms with Gasteiger partial charge in [-0.15, -0.1) is 0 Å². The Labute approximate surface area is 152 Å². The average molecular weight is 380 g/mol. The fourth-order valence-electron chi connectivity index (χ4n) is 2.13. The molecule has 26 heavy (non-hydrogen) atoms. The van der Waals surface area contributed by atoms with E-state index in [1.165, 1.54) is 48.5 Å². The van der Waals surface area contributed by atoms with Crippen molar-refractivity contribution in [1.82, 2.24) is 4.72 Å². The number of hydrogen-bond acceptors (Lipinski definition) is 4. The topological polar surface area (TPSA) is 84.5 Å². The van der Waals surface area contributed by atoms with Crippen LogP contribution in [0.5, 0.6) is 5.75 Å². The molecule has 0 aliphatic rings. The number of hydrogen-bond donors (Lipinski definition) is 2. The monoisotopic (exact) mass is 380 g/mol. The third-order valence-electron chi connectivity index (χ3n) is 3.40. The van der Waals surface area contributed by atoms with Crippen molar-refractivity contribution in [2.45, 2.75) is 24.7 Å². The molecule has 2 aromatic rings. The lowest BCUT2D eigenvalue weighted by molar-refractivity contribution is -0.116. The number of amides is 1. The highest BCUT2D eigenvalue weighted by molar-refractivity contribution is 7.89. The molecule has 2 rings (SSSR count). The number of sulfonamides is 1. The lowest BCUT2D eigenvalue weighted by Crippen LogP contribution is -2.28. The van der Waals surface area contributed by atoms with E-state index < -0.39 is 10.0 Å². The van der Waals surface area contributed by atoms with Gasteiger partial charge in [0.2, 0.25) is 15.9 Å². The summed E-state index contributed by atoms with van der Waals surface area (Å²) in [6.07, 6.45) is 1.15. The smallest absolute Gasteiger partial charge is 0.240 e. The zero-order chi connectivity index (χ0) is 19.0. The van der Waals surface area contributed by atoms with E-state index in [2.05, 4.69) is 10.0 Å². The molecule has 0 saturated heterocycles. The molecule has 0 aromatic heterocycles. The van der Waals surface area contributed by atoms with Crippen molar-refractivity contribution in [3.05, 3.63) is 54.3 Å². The van der Waals surface area contributed by atoms with E-state index >= 15 is 0 Å². The zero-order valence-corrected chi connectivity index (χ0v) is 15.2. The van der Waals surface area contributed by atoms with Gasteiger partial charge in [-0.05, 0) is 55.0 Å². The SMILES string of the molecule is CCCC(=O)Nc1ccc(S(=O)(=O)NCCOc2ccc(F)cc2)cc1. The van der Waals surface area contributed by atoms with Crippen molar-refractivity contribution in [2.24, 2.45) is 0 Å². The van der Waals surface area contributed by atoms with Gasteiger partial charge >= 0.3 is 0 Å². The molecule has 0 heterocycles. The van der Waals surface area contributed by atoms with Gasteiger partial charge < -0.3 is 10.1 Å². The van der Waals surface area contributed by atoms with E-state index in [4.69, 9.17) is 4.74 Å². The van der Waals surface area contributed by atoms with Crippen LogP contribution in [0.1, 0.15) is 19.8 Å². The molecule has 0 unspecified atom stereocenters. The Morgan fingerprint density at radius 2 is 1.73 bits per heavy atom. The molecule has 0 bridgehead atoms. The van der Waals surface area contributed by atoms with Gasteiger partial charge in [-0.2, -0.15) is 0 Å². The van der Waals surface area contributed by atoms with Gasteiger partial charge in [0.25, 0.3) is 0 Å². The summed E-state index contributed by atoms with van der Waals surface area (Å²) in [4.78, 5) is 11.6. The summed E-state index contributed by atoms with van der Waals surface area (Å²) in [5.74, 6) is -0.0238. The van der Waals surface area contributed by atoms with Crippen LogP contribution in [0.4, 0.5) is 10.1 Å². The van der Waals surface area contributed by atoms with Gasteiger partial charge in [0, 0.05) is 18.7 Å². The second kappa shape index (κ2) is 9.30. The minimum Gasteiger partial charge on any atom is -0.492 e. The summed E-state index contributed by atoms with van der Waals surface area (Å²) in [5.41, 5.74) is 0.544. The van der Waals surface area contributed by atoms with Crippen molar-refractivity contribution in [3.63, 3.8) is 0 Å². The summed E-state index contributed by atoms with van der Waals surface area (Å²) >= 11 is 0. The van der Waals surface area contributed by atoms with Crippen LogP contribution < -0.4 is 14.8 Å². The quantitative estimate of drug-likeness (QED) is 0.655. The standard InChI is InChI=1S/C18H21FN2O4S/c1-2-3-18(22)21-15-6-10-17(11-7-15)26(23,24)20-12-13-25-16-8-4-14(19)5-9-16/h4-11,20H,2-3,12-13H2,1H3,(H,21,22). The third-order valence-corrected chi connectivity index (χ3v) is 4.88. The number of halogens is 1. The summed E-state index contributed by atoms with van der Waals surface area (Å²) in [6, 6.07) is 11.4. The van der Waals surface area contributed by atoms with Crippen molar-refractivity contribution < 1.29 is 22.3 Å². The van der Waals surface area contributed by atoms with Crippen LogP contribution in [0.2, 0.25) is 0 Å². The molecule has 2 N–H and O–H groups in total. The van der Waals surface area contributed by atoms with Crippen molar-refractivity contribution in [2.75, 3.05) is 18.5 Å². The van der Waals surface area contributed by atoms with Crippen molar-refractivity contribution >= 4 is 21.6 Å². The summed E-state index contributed by atoms with van der Waals surface area (Å²) in [7, 11) is -3.68. The van der Waals surface area contributed by atoms with Gasteiger partial charge in [-0.1, -0.05) is 6.92 Å². The Kier molecular flexibility index (Phi) is 7.11. The maximum atomic E-state index is 12.8. The maximum absolute atomic E-state index is 12.8. The van der Waals surface area contributed by atoms with Crippen molar-refractivity contribution in [3.8, 4) is 5.75 Å². The second-order valence-electron chi connectivity index (χ2n) is 5.52. The van der Waals surface area contributed by atoms with Gasteiger partial charge in [0.1, 0.15) is 18.2 Å². The Morgan fingerprint density at radius 1 is 1.08 bits per heavy atom. The largest absolute Gasteiger partial charge is 0.492 e. The van der Waals surface area contributed by atoms with Gasteiger partial charge in [-0.3, -0.25) is 4.79 Å². The lowest BCUT2D eigenvalue weighted by atomic mass is 10.3. The minimum absolute atomic E-state index is 0.0642. The third kappa shape index (κ3) is 6.12. The first-order valence-corrected chi connectivity index (χ1v) is 9.67. The van der Waals surface area contributed by atoms with Gasteiger partial charge in [-0.25, -0.2) is 17.5 Å². The first-order chi connectivity index (χ1) is 12.4. The molecule has 8 heteroatoms. The molecule has 0 atom stereocenters. The first-order valence-electron chi connectivity index (χ1n) is 8.18. The van der Waals surface area contributed by atoms with E-state index in [9.17, 15) is 17.6 Å². The highest BCUT2D eigenvalue weighted by Crippen LogP contribution is 2.14. The Balaban J connectivity index is 1.84. The molecule has 140 valence electrons. The van der Waals surface area contributed by atoms with Crippen LogP contribution >= 0.6 is 0 Å². The highest BCUT2D eigenvalue weighted by Gasteiger charge is 2.13. The van der Waals surface area contributed by atoms with Crippen LogP contribution in [0.3, 0.4) is 0 Å². The van der Waals surface area contributed by atoms with Crippen LogP contribution in [0.15, 0.2) is 53.4 Å². The predicted octanol–water partition coefficient (Wildman–Crippen LogP) is 2.92. The molecule has 0 aliphatic carbocycles. The number of carbonyl (C=O) groups is 1. The Morgan fingerprint density at radius 3 is 2.35 bits per heavy atom. The minimum atomic E-state index is -3.68. The van der Waals surface area contributed by atoms with E-state index in [-0.39, 0.29) is 29.8 Å². The first kappa shape index (κ1) is 19.9. The molecule has 1 amide bonds. The van der Waals surface area contributed by atoms with Crippen LogP contribution in [-0.4, -0.2) is 27.5 Å². The Hall–Kier alpha value is -2.45. The molecule has 6 nitrogen and oxygen atoms in total. The molecule has 0 spiro atoms. The zero-order valence-electron chi connectivity index (χ0n) is 14.4. The van der Waals surface area contributed by atoms with E-state index in [1.54, 1.807) is 0 Å². The molecular formula is C18H21FN2O4S. The number of rotatable bonds is 9. The molecule has 0 saturated carbocycles. The average Bonchev–Trinajstić information content (AvgIpc) is 2.61. The Bertz CT molecular complexity index is 821. The second-order valence-corrected chi connectivity index (χ2v) is 7.29. The number of benzene rings is 2. The normalized spacial score (nSPS) is 11.2. The highest BCUT2D eigenvalue weighted by atomic mass is 32.2. The number of carbonyl (C=O) groups excluding carboxylic acids is 1. The van der Waals surface area contributed by atoms with Gasteiger partial charge in [0.15, 0.2) is 0 Å². The fraction of sp³-hybridized carbons (Fsp3) is 0.278. The van der Waals surface area contributed by atoms with E-state index in [0.717, 1.165) is 6.42 Å². The molecule has 0 radical (unpaired) electrons. The van der Waals surface area contributed by atoms with Crippen LogP contribution in [0.25, 0.3) is 0 Å². The number of nitrogens with one attached hydrogen (secondary N) is 2. The molecular weight excluding hydrogens is 359 g/mol. The lowest BCUT2D eigenvalue weighted by Gasteiger charge is -2.09. The predicted molar refractivity (Wildman–Crippen MR) is 97.1 cm³/mol. The van der Waals surface area contributed by atoms with Crippen LogP contribution in [-0.2, 0) is 14.8 Å². The summed E-state index contributed by atoms with van der Waals surface area (Å²) < 4.78 is 45.0. The van der Waals surface area contributed by atoms with E-state index in [0.29, 0.717) is 17.9 Å². The molecule has 0 fully saturated rings. The summed E-state index contributed by atoms with van der Waals surface area (Å²) in [6.45, 7) is 2.07. The molecule has 2 aromatic carbocycles.